The summed E-state index contributed by atoms with van der Waals surface area (Å²) in [6.45, 7) is 1.49. The molecule has 28 heavy (non-hydrogen) atoms. The highest BCUT2D eigenvalue weighted by molar-refractivity contribution is 6.31. The van der Waals surface area contributed by atoms with Crippen LogP contribution in [0.25, 0.3) is 6.08 Å². The van der Waals surface area contributed by atoms with Gasteiger partial charge in [0.05, 0.1) is 29.6 Å². The molecule has 3 heterocycles. The van der Waals surface area contributed by atoms with Gasteiger partial charge in [-0.2, -0.15) is 0 Å². The Morgan fingerprint density at radius 3 is 2.36 bits per heavy atom. The van der Waals surface area contributed by atoms with E-state index in [1.807, 2.05) is 41.4 Å². The number of fused-ring (bicyclic) bond motifs is 5. The smallest absolute Gasteiger partial charge is 0.240 e. The number of amides is 2. The fourth-order valence-corrected chi connectivity index (χ4v) is 4.99. The summed E-state index contributed by atoms with van der Waals surface area (Å²) in [5.74, 6) is -1.98. The van der Waals surface area contributed by atoms with Gasteiger partial charge in [-0.3, -0.25) is 14.4 Å². The number of hydrogen-bond donors (Lipinski definition) is 0. The van der Waals surface area contributed by atoms with Crippen LogP contribution >= 0.6 is 11.6 Å². The number of nitrogens with zero attached hydrogens (tertiary/aromatic N) is 2. The molecule has 6 heteroatoms. The maximum Gasteiger partial charge on any atom is 0.240 e. The summed E-state index contributed by atoms with van der Waals surface area (Å²) in [6.07, 6.45) is 3.79. The van der Waals surface area contributed by atoms with Crippen molar-refractivity contribution in [1.29, 1.82) is 0 Å². The molecule has 2 fully saturated rings. The minimum atomic E-state index is -0.693. The highest BCUT2D eigenvalue weighted by Crippen LogP contribution is 2.53. The standard InChI is InChI=1S/C22H17ClN2O3/c1-12(26)19-17-18(20-16-5-3-2-4-13(16)10-11-24(19)20)22(28)25(21(17)27)15-8-6-14(23)7-9-15/h2-11,17-20H,1H3/t17-,18+,19-,20+/m1/s1. The number of anilines is 1. The Morgan fingerprint density at radius 2 is 1.64 bits per heavy atom. The molecular weight excluding hydrogens is 376 g/mol. The highest BCUT2D eigenvalue weighted by atomic mass is 35.5. The largest absolute Gasteiger partial charge is 0.359 e. The Labute approximate surface area is 167 Å². The number of Topliss-reactive ketones (excluding diaryl/α,β-unsaturated/α-hetero) is 1. The Balaban J connectivity index is 1.65. The van der Waals surface area contributed by atoms with Crippen LogP contribution in [0.3, 0.4) is 0 Å². The molecule has 4 atom stereocenters. The van der Waals surface area contributed by atoms with Crippen LogP contribution in [0.2, 0.25) is 5.02 Å². The number of carbonyl (C=O) groups is 3. The van der Waals surface area contributed by atoms with Gasteiger partial charge in [0.2, 0.25) is 11.8 Å². The monoisotopic (exact) mass is 392 g/mol. The van der Waals surface area contributed by atoms with E-state index in [1.165, 1.54) is 11.8 Å². The third kappa shape index (κ3) is 2.23. The average molecular weight is 393 g/mol. The summed E-state index contributed by atoms with van der Waals surface area (Å²) in [5.41, 5.74) is 2.47. The first-order valence-corrected chi connectivity index (χ1v) is 9.55. The molecule has 0 saturated carbocycles. The number of hydrogen-bond acceptors (Lipinski definition) is 4. The van der Waals surface area contributed by atoms with Gasteiger partial charge in [0.15, 0.2) is 5.78 Å². The number of halogens is 1. The second-order valence-electron chi connectivity index (χ2n) is 7.43. The van der Waals surface area contributed by atoms with Gasteiger partial charge in [0.1, 0.15) is 0 Å². The van der Waals surface area contributed by atoms with Crippen molar-refractivity contribution in [2.45, 2.75) is 19.0 Å². The van der Waals surface area contributed by atoms with E-state index in [0.717, 1.165) is 11.1 Å². The average Bonchev–Trinajstić information content (AvgIpc) is 3.16. The van der Waals surface area contributed by atoms with Gasteiger partial charge in [0, 0.05) is 11.2 Å². The SMILES string of the molecule is CC(=O)[C@@H]1[C@@H]2C(=O)N(c3ccc(Cl)cc3)C(=O)[C@@H]2[C@@H]2c3ccccc3C=CN12. The lowest BCUT2D eigenvalue weighted by atomic mass is 9.84. The maximum absolute atomic E-state index is 13.4. The van der Waals surface area contributed by atoms with Crippen molar-refractivity contribution in [2.24, 2.45) is 11.8 Å². The van der Waals surface area contributed by atoms with Crippen LogP contribution in [0.4, 0.5) is 5.69 Å². The summed E-state index contributed by atoms with van der Waals surface area (Å²) in [7, 11) is 0. The molecule has 140 valence electrons. The van der Waals surface area contributed by atoms with Gasteiger partial charge >= 0.3 is 0 Å². The fourth-order valence-electron chi connectivity index (χ4n) is 4.87. The molecule has 3 aliphatic heterocycles. The van der Waals surface area contributed by atoms with E-state index in [1.54, 1.807) is 24.3 Å². The van der Waals surface area contributed by atoms with E-state index in [2.05, 4.69) is 0 Å². The van der Waals surface area contributed by atoms with E-state index in [4.69, 9.17) is 11.6 Å². The van der Waals surface area contributed by atoms with E-state index >= 15 is 0 Å². The third-order valence-corrected chi connectivity index (χ3v) is 6.21. The molecule has 5 nitrogen and oxygen atoms in total. The number of ketones is 1. The summed E-state index contributed by atoms with van der Waals surface area (Å²) in [4.78, 5) is 42.4. The predicted octanol–water partition coefficient (Wildman–Crippen LogP) is 3.44. The van der Waals surface area contributed by atoms with Crippen LogP contribution in [0.5, 0.6) is 0 Å². The van der Waals surface area contributed by atoms with Crippen LogP contribution < -0.4 is 4.90 Å². The van der Waals surface area contributed by atoms with Crippen LogP contribution in [0.15, 0.2) is 54.7 Å². The molecule has 2 aromatic rings. The fraction of sp³-hybridized carbons (Fsp3) is 0.227. The molecule has 0 aliphatic carbocycles. The Morgan fingerprint density at radius 1 is 0.964 bits per heavy atom. The summed E-state index contributed by atoms with van der Waals surface area (Å²) in [5, 5.41) is 0.530. The second kappa shape index (κ2) is 6.04. The molecule has 2 amide bonds. The van der Waals surface area contributed by atoms with Crippen LogP contribution in [-0.4, -0.2) is 28.5 Å². The van der Waals surface area contributed by atoms with Crippen molar-refractivity contribution >= 4 is 41.0 Å². The lowest BCUT2D eigenvalue weighted by molar-refractivity contribution is -0.129. The first-order chi connectivity index (χ1) is 13.5. The third-order valence-electron chi connectivity index (χ3n) is 5.96. The van der Waals surface area contributed by atoms with Crippen molar-refractivity contribution in [3.63, 3.8) is 0 Å². The van der Waals surface area contributed by atoms with Crippen molar-refractivity contribution in [1.82, 2.24) is 4.90 Å². The van der Waals surface area contributed by atoms with Gasteiger partial charge in [-0.25, -0.2) is 4.90 Å². The molecular formula is C22H17ClN2O3. The molecule has 0 bridgehead atoms. The summed E-state index contributed by atoms with van der Waals surface area (Å²) >= 11 is 5.95. The Bertz CT molecular complexity index is 1050. The quantitative estimate of drug-likeness (QED) is 0.734. The van der Waals surface area contributed by atoms with Crippen LogP contribution in [0.1, 0.15) is 24.1 Å². The summed E-state index contributed by atoms with van der Waals surface area (Å²) in [6, 6.07) is 13.5. The van der Waals surface area contributed by atoms with Gasteiger partial charge in [0.25, 0.3) is 0 Å². The van der Waals surface area contributed by atoms with E-state index in [0.29, 0.717) is 10.7 Å². The molecule has 5 rings (SSSR count). The topological polar surface area (TPSA) is 57.7 Å². The Hall–Kier alpha value is -2.92. The van der Waals surface area contributed by atoms with E-state index in [-0.39, 0.29) is 23.6 Å². The van der Waals surface area contributed by atoms with Gasteiger partial charge in [-0.05, 0) is 48.4 Å². The number of carbonyl (C=O) groups excluding carboxylic acids is 3. The zero-order valence-electron chi connectivity index (χ0n) is 15.1. The number of rotatable bonds is 2. The zero-order chi connectivity index (χ0) is 19.6. The number of benzene rings is 2. The van der Waals surface area contributed by atoms with E-state index in [9.17, 15) is 14.4 Å². The van der Waals surface area contributed by atoms with Gasteiger partial charge in [-0.1, -0.05) is 35.9 Å². The molecule has 2 aromatic carbocycles. The van der Waals surface area contributed by atoms with Crippen LogP contribution in [0, 0.1) is 11.8 Å². The first kappa shape index (κ1) is 17.2. The highest BCUT2D eigenvalue weighted by Gasteiger charge is 2.63. The van der Waals surface area contributed by atoms with Crippen molar-refractivity contribution in [3.8, 4) is 0 Å². The zero-order valence-corrected chi connectivity index (χ0v) is 15.8. The van der Waals surface area contributed by atoms with Crippen LogP contribution in [-0.2, 0) is 14.4 Å². The Kier molecular flexibility index (Phi) is 3.71. The van der Waals surface area contributed by atoms with Gasteiger partial charge in [-0.15, -0.1) is 0 Å². The maximum atomic E-state index is 13.4. The molecule has 3 aliphatic rings. The lowest BCUT2D eigenvalue weighted by Gasteiger charge is -2.34. The molecule has 0 aromatic heterocycles. The lowest BCUT2D eigenvalue weighted by Crippen LogP contribution is -2.43. The molecule has 0 N–H and O–H groups in total. The first-order valence-electron chi connectivity index (χ1n) is 9.17. The predicted molar refractivity (Wildman–Crippen MR) is 105 cm³/mol. The summed E-state index contributed by atoms with van der Waals surface area (Å²) < 4.78 is 0. The molecule has 2 saturated heterocycles. The van der Waals surface area contributed by atoms with Crippen molar-refractivity contribution in [2.75, 3.05) is 4.90 Å². The minimum absolute atomic E-state index is 0.111. The van der Waals surface area contributed by atoms with E-state index < -0.39 is 17.9 Å². The second-order valence-corrected chi connectivity index (χ2v) is 7.87. The van der Waals surface area contributed by atoms with Gasteiger partial charge < -0.3 is 4.90 Å². The normalized spacial score (nSPS) is 27.6. The van der Waals surface area contributed by atoms with Crippen molar-refractivity contribution in [3.05, 3.63) is 70.9 Å². The number of imide groups is 1. The molecule has 0 unspecified atom stereocenters. The van der Waals surface area contributed by atoms with Crippen molar-refractivity contribution < 1.29 is 14.4 Å². The minimum Gasteiger partial charge on any atom is -0.359 e. The molecule has 0 spiro atoms. The molecule has 0 radical (unpaired) electrons.